The molecule has 3 fully saturated rings. The normalized spacial score (nSPS) is 23.8. The molecule has 1 atom stereocenters. The minimum Gasteiger partial charge on any atom is -0.342 e. The van der Waals surface area contributed by atoms with Gasteiger partial charge in [-0.05, 0) is 81.4 Å². The van der Waals surface area contributed by atoms with Crippen LogP contribution in [0.15, 0.2) is 42.5 Å². The van der Waals surface area contributed by atoms with Crippen molar-refractivity contribution >= 4 is 5.91 Å². The first kappa shape index (κ1) is 23.5. The number of hydrogen-bond donors (Lipinski definition) is 0. The zero-order valence-electron chi connectivity index (χ0n) is 20.5. The molecule has 0 N–H and O–H groups in total. The van der Waals surface area contributed by atoms with E-state index in [9.17, 15) is 9.18 Å². The van der Waals surface area contributed by atoms with Crippen LogP contribution >= 0.6 is 0 Å². The topological polar surface area (TPSA) is 36.4 Å². The lowest BCUT2D eigenvalue weighted by molar-refractivity contribution is -0.145. The number of carbonyl (C=O) groups excluding carboxylic acids is 1. The van der Waals surface area contributed by atoms with E-state index < -0.39 is 0 Å². The summed E-state index contributed by atoms with van der Waals surface area (Å²) < 4.78 is 13.2. The van der Waals surface area contributed by atoms with Crippen LogP contribution in [0.1, 0.15) is 81.2 Å². The second-order valence-electron chi connectivity index (χ2n) is 11.0. The quantitative estimate of drug-likeness (QED) is 0.582. The van der Waals surface area contributed by atoms with Gasteiger partial charge >= 0.3 is 0 Å². The van der Waals surface area contributed by atoms with E-state index >= 15 is 0 Å². The van der Waals surface area contributed by atoms with E-state index in [2.05, 4.69) is 28.9 Å². The molecule has 1 aliphatic carbocycles. The highest BCUT2D eigenvalue weighted by atomic mass is 19.1. The van der Waals surface area contributed by atoms with Crippen LogP contribution in [0.25, 0.3) is 0 Å². The lowest BCUT2D eigenvalue weighted by atomic mass is 9.78. The maximum Gasteiger partial charge on any atom is 0.228 e. The van der Waals surface area contributed by atoms with Crippen molar-refractivity contribution in [1.29, 1.82) is 0 Å². The van der Waals surface area contributed by atoms with Crippen molar-refractivity contribution in [1.82, 2.24) is 14.8 Å². The summed E-state index contributed by atoms with van der Waals surface area (Å²) in [7, 11) is 0. The fraction of sp³-hybridized carbons (Fsp3) is 0.586. The number of benzene rings is 1. The number of pyridine rings is 1. The largest absolute Gasteiger partial charge is 0.342 e. The van der Waals surface area contributed by atoms with Crippen molar-refractivity contribution in [2.75, 3.05) is 26.2 Å². The summed E-state index contributed by atoms with van der Waals surface area (Å²) in [5.41, 5.74) is 2.91. The van der Waals surface area contributed by atoms with Gasteiger partial charge in [0.05, 0.1) is 0 Å². The van der Waals surface area contributed by atoms with Gasteiger partial charge in [0.25, 0.3) is 0 Å². The SMILES string of the molecule is CC1(C(=O)N2CCC[C@@H](c3cccc(Cc4ccc(F)cc4)n3)C2)CCN(C2CCCC2)CC1. The van der Waals surface area contributed by atoms with E-state index in [0.717, 1.165) is 74.9 Å². The molecule has 34 heavy (non-hydrogen) atoms. The summed E-state index contributed by atoms with van der Waals surface area (Å²) in [4.78, 5) is 23.4. The van der Waals surface area contributed by atoms with Crippen molar-refractivity contribution in [3.63, 3.8) is 0 Å². The Morgan fingerprint density at radius 2 is 1.74 bits per heavy atom. The highest BCUT2D eigenvalue weighted by Crippen LogP contribution is 2.38. The summed E-state index contributed by atoms with van der Waals surface area (Å²) in [5.74, 6) is 0.425. The number of nitrogens with zero attached hydrogens (tertiary/aromatic N) is 3. The average Bonchev–Trinajstić information content (AvgIpc) is 3.41. The maximum atomic E-state index is 13.7. The fourth-order valence-electron chi connectivity index (χ4n) is 6.29. The number of likely N-dealkylation sites (tertiary alicyclic amines) is 2. The minimum atomic E-state index is -0.227. The molecule has 1 amide bonds. The Morgan fingerprint density at radius 3 is 2.47 bits per heavy atom. The third-order valence-electron chi connectivity index (χ3n) is 8.51. The van der Waals surface area contributed by atoms with Crippen molar-refractivity contribution < 1.29 is 9.18 Å². The first-order chi connectivity index (χ1) is 16.5. The van der Waals surface area contributed by atoms with Crippen molar-refractivity contribution in [3.05, 3.63) is 65.2 Å². The molecule has 3 aliphatic rings. The number of aromatic nitrogens is 1. The first-order valence-corrected chi connectivity index (χ1v) is 13.2. The van der Waals surface area contributed by atoms with Crippen molar-refractivity contribution in [2.45, 2.75) is 76.7 Å². The van der Waals surface area contributed by atoms with Crippen LogP contribution in [-0.4, -0.2) is 52.9 Å². The number of amides is 1. The molecule has 5 heteroatoms. The summed E-state index contributed by atoms with van der Waals surface area (Å²) in [6, 6.07) is 13.6. The predicted octanol–water partition coefficient (Wildman–Crippen LogP) is 5.56. The van der Waals surface area contributed by atoms with Gasteiger partial charge in [0, 0.05) is 48.3 Å². The van der Waals surface area contributed by atoms with Gasteiger partial charge in [-0.15, -0.1) is 0 Å². The number of piperidine rings is 2. The molecule has 0 radical (unpaired) electrons. The van der Waals surface area contributed by atoms with Gasteiger partial charge in [-0.25, -0.2) is 4.39 Å². The standard InChI is InChI=1S/C29H38FN3O/c1-29(15-18-32(19-16-29)26-8-2-3-9-26)28(34)33-17-5-6-23(21-33)27-10-4-7-25(31-27)20-22-11-13-24(30)14-12-22/h4,7,10-14,23,26H,2-3,5-6,8-9,15-21H2,1H3/t23-/m1/s1. The Balaban J connectivity index is 1.21. The molecule has 5 rings (SSSR count). The monoisotopic (exact) mass is 463 g/mol. The molecule has 0 bridgehead atoms. The molecular weight excluding hydrogens is 425 g/mol. The lowest BCUT2D eigenvalue weighted by Crippen LogP contribution is -2.52. The zero-order chi connectivity index (χ0) is 23.5. The molecule has 1 aromatic carbocycles. The van der Waals surface area contributed by atoms with Crippen LogP contribution in [0.3, 0.4) is 0 Å². The van der Waals surface area contributed by atoms with Gasteiger partial charge in [0.1, 0.15) is 5.82 Å². The van der Waals surface area contributed by atoms with E-state index in [1.54, 1.807) is 0 Å². The number of halogens is 1. The van der Waals surface area contributed by atoms with E-state index in [-0.39, 0.29) is 17.2 Å². The number of hydrogen-bond acceptors (Lipinski definition) is 3. The molecule has 2 aliphatic heterocycles. The highest BCUT2D eigenvalue weighted by molar-refractivity contribution is 5.82. The van der Waals surface area contributed by atoms with E-state index in [0.29, 0.717) is 12.3 Å². The van der Waals surface area contributed by atoms with Crippen LogP contribution in [0.5, 0.6) is 0 Å². The Bertz CT molecular complexity index is 977. The minimum absolute atomic E-state index is 0.213. The van der Waals surface area contributed by atoms with E-state index in [4.69, 9.17) is 4.98 Å². The van der Waals surface area contributed by atoms with Gasteiger partial charge in [-0.3, -0.25) is 9.78 Å². The third-order valence-corrected chi connectivity index (χ3v) is 8.51. The number of rotatable bonds is 5. The fourth-order valence-corrected chi connectivity index (χ4v) is 6.29. The first-order valence-electron chi connectivity index (χ1n) is 13.2. The highest BCUT2D eigenvalue weighted by Gasteiger charge is 2.42. The van der Waals surface area contributed by atoms with Crippen LogP contribution in [0.2, 0.25) is 0 Å². The van der Waals surface area contributed by atoms with Gasteiger partial charge in [-0.2, -0.15) is 0 Å². The van der Waals surface area contributed by atoms with Crippen LogP contribution in [-0.2, 0) is 11.2 Å². The van der Waals surface area contributed by atoms with Crippen LogP contribution in [0.4, 0.5) is 4.39 Å². The summed E-state index contributed by atoms with van der Waals surface area (Å²) in [5, 5.41) is 0. The number of carbonyl (C=O) groups is 1. The molecule has 3 heterocycles. The second kappa shape index (κ2) is 10.2. The van der Waals surface area contributed by atoms with Gasteiger partial charge in [0.2, 0.25) is 5.91 Å². The van der Waals surface area contributed by atoms with Gasteiger partial charge in [0.15, 0.2) is 0 Å². The molecule has 4 nitrogen and oxygen atoms in total. The van der Waals surface area contributed by atoms with Crippen molar-refractivity contribution in [2.24, 2.45) is 5.41 Å². The zero-order valence-corrected chi connectivity index (χ0v) is 20.5. The van der Waals surface area contributed by atoms with Gasteiger partial charge < -0.3 is 9.80 Å². The Kier molecular flexibility index (Phi) is 7.01. The molecule has 182 valence electrons. The third kappa shape index (κ3) is 5.19. The average molecular weight is 464 g/mol. The Labute approximate surface area is 203 Å². The molecule has 1 saturated carbocycles. The van der Waals surface area contributed by atoms with E-state index in [1.165, 1.54) is 37.8 Å². The van der Waals surface area contributed by atoms with Crippen molar-refractivity contribution in [3.8, 4) is 0 Å². The maximum absolute atomic E-state index is 13.7. The Hall–Kier alpha value is -2.27. The summed E-state index contributed by atoms with van der Waals surface area (Å²) >= 11 is 0. The van der Waals surface area contributed by atoms with Gasteiger partial charge in [-0.1, -0.05) is 38.0 Å². The summed E-state index contributed by atoms with van der Waals surface area (Å²) in [6.07, 6.45) is 10.2. The summed E-state index contributed by atoms with van der Waals surface area (Å²) in [6.45, 7) is 5.97. The second-order valence-corrected chi connectivity index (χ2v) is 11.0. The van der Waals surface area contributed by atoms with Crippen LogP contribution < -0.4 is 0 Å². The van der Waals surface area contributed by atoms with Crippen LogP contribution in [0, 0.1) is 11.2 Å². The molecule has 0 spiro atoms. The molecule has 2 aromatic rings. The smallest absolute Gasteiger partial charge is 0.228 e. The lowest BCUT2D eigenvalue weighted by Gasteiger charge is -2.44. The van der Waals surface area contributed by atoms with E-state index in [1.807, 2.05) is 18.2 Å². The molecular formula is C29H38FN3O. The molecule has 2 saturated heterocycles. The Morgan fingerprint density at radius 1 is 1.00 bits per heavy atom. The molecule has 1 aromatic heterocycles. The molecule has 0 unspecified atom stereocenters. The predicted molar refractivity (Wildman–Crippen MR) is 133 cm³/mol.